The summed E-state index contributed by atoms with van der Waals surface area (Å²) in [5.74, 6) is -0.383. The zero-order valence-corrected chi connectivity index (χ0v) is 10.9. The van der Waals surface area contributed by atoms with Crippen molar-refractivity contribution >= 4 is 11.9 Å². The molecule has 5 heteroatoms. The lowest BCUT2D eigenvalue weighted by Gasteiger charge is -2.24. The molecule has 2 N–H and O–H groups in total. The van der Waals surface area contributed by atoms with Crippen LogP contribution >= 0.6 is 0 Å². The molecule has 2 aliphatic rings. The highest BCUT2D eigenvalue weighted by molar-refractivity contribution is 5.85. The number of nitrogens with zero attached hydrogens (tertiary/aromatic N) is 1. The van der Waals surface area contributed by atoms with Crippen molar-refractivity contribution in [2.24, 2.45) is 5.92 Å². The minimum Gasteiger partial charge on any atom is -0.480 e. The maximum Gasteiger partial charge on any atom is 0.323 e. The zero-order chi connectivity index (χ0) is 13.1. The molecular weight excluding hydrogens is 232 g/mol. The maximum atomic E-state index is 12.3. The van der Waals surface area contributed by atoms with Crippen LogP contribution in [0.1, 0.15) is 39.0 Å². The van der Waals surface area contributed by atoms with E-state index in [4.69, 9.17) is 5.11 Å². The largest absolute Gasteiger partial charge is 0.480 e. The van der Waals surface area contributed by atoms with Gasteiger partial charge in [-0.3, -0.25) is 9.59 Å². The van der Waals surface area contributed by atoms with Crippen LogP contribution in [0, 0.1) is 5.92 Å². The van der Waals surface area contributed by atoms with Crippen molar-refractivity contribution in [2.75, 3.05) is 13.1 Å². The summed E-state index contributed by atoms with van der Waals surface area (Å²) < 4.78 is 0. The van der Waals surface area contributed by atoms with Crippen LogP contribution in [0.3, 0.4) is 0 Å². The number of carboxylic acid groups (broad SMARTS) is 1. The van der Waals surface area contributed by atoms with Gasteiger partial charge in [0.2, 0.25) is 5.91 Å². The van der Waals surface area contributed by atoms with Crippen LogP contribution in [0.5, 0.6) is 0 Å². The van der Waals surface area contributed by atoms with E-state index in [2.05, 4.69) is 5.32 Å². The van der Waals surface area contributed by atoms with E-state index in [1.54, 1.807) is 0 Å². The first-order chi connectivity index (χ1) is 8.61. The first-order valence-corrected chi connectivity index (χ1v) is 6.88. The number of aliphatic carboxylic acids is 1. The normalized spacial score (nSPS) is 30.8. The van der Waals surface area contributed by atoms with Gasteiger partial charge >= 0.3 is 5.97 Å². The minimum atomic E-state index is -0.944. The predicted molar refractivity (Wildman–Crippen MR) is 67.2 cm³/mol. The number of hydrogen-bond donors (Lipinski definition) is 2. The third-order valence-electron chi connectivity index (χ3n) is 4.18. The molecule has 3 atom stereocenters. The third-order valence-corrected chi connectivity index (χ3v) is 4.18. The van der Waals surface area contributed by atoms with Gasteiger partial charge in [-0.05, 0) is 32.1 Å². The van der Waals surface area contributed by atoms with Gasteiger partial charge in [0.25, 0.3) is 0 Å². The molecule has 0 aromatic heterocycles. The first-order valence-electron chi connectivity index (χ1n) is 6.88. The Labute approximate surface area is 108 Å². The second-order valence-electron chi connectivity index (χ2n) is 5.35. The summed E-state index contributed by atoms with van der Waals surface area (Å²) in [6.07, 6.45) is 5.73. The van der Waals surface area contributed by atoms with Crippen molar-refractivity contribution in [3.63, 3.8) is 0 Å². The predicted octanol–water partition coefficient (Wildman–Crippen LogP) is 0.840. The molecule has 0 aromatic carbocycles. The van der Waals surface area contributed by atoms with Gasteiger partial charge < -0.3 is 15.3 Å². The van der Waals surface area contributed by atoms with Gasteiger partial charge in [0.1, 0.15) is 6.54 Å². The van der Waals surface area contributed by atoms with Crippen LogP contribution in [-0.2, 0) is 9.59 Å². The molecule has 3 unspecified atom stereocenters. The number of carboxylic acids is 1. The number of nitrogens with one attached hydrogen (secondary N) is 1. The monoisotopic (exact) mass is 254 g/mol. The molecule has 0 spiro atoms. The Kier molecular flexibility index (Phi) is 4.22. The molecule has 0 radical (unpaired) electrons. The average molecular weight is 254 g/mol. The fourth-order valence-corrected chi connectivity index (χ4v) is 3.24. The van der Waals surface area contributed by atoms with Crippen molar-refractivity contribution in [1.29, 1.82) is 0 Å². The minimum absolute atomic E-state index is 0.0469. The number of carbonyl (C=O) groups is 2. The van der Waals surface area contributed by atoms with Crippen LogP contribution in [0.15, 0.2) is 0 Å². The molecule has 1 heterocycles. The quantitative estimate of drug-likeness (QED) is 0.780. The van der Waals surface area contributed by atoms with Gasteiger partial charge in [-0.1, -0.05) is 12.8 Å². The number of carbonyl (C=O) groups excluding carboxylic acids is 1. The fraction of sp³-hybridized carbons (Fsp3) is 0.846. The van der Waals surface area contributed by atoms with Gasteiger partial charge in [0.05, 0.1) is 6.04 Å². The third kappa shape index (κ3) is 2.83. The smallest absolute Gasteiger partial charge is 0.323 e. The summed E-state index contributed by atoms with van der Waals surface area (Å²) in [6, 6.07) is 0.300. The van der Waals surface area contributed by atoms with E-state index in [0.717, 1.165) is 12.8 Å². The molecule has 2 fully saturated rings. The first kappa shape index (κ1) is 13.3. The van der Waals surface area contributed by atoms with Crippen molar-refractivity contribution in [1.82, 2.24) is 10.2 Å². The molecule has 102 valence electrons. The summed E-state index contributed by atoms with van der Waals surface area (Å²) in [7, 11) is 0. The molecule has 1 aliphatic carbocycles. The summed E-state index contributed by atoms with van der Waals surface area (Å²) in [5.41, 5.74) is 0. The van der Waals surface area contributed by atoms with Crippen LogP contribution < -0.4 is 5.32 Å². The molecule has 1 aliphatic heterocycles. The Morgan fingerprint density at radius 2 is 2.06 bits per heavy atom. The van der Waals surface area contributed by atoms with Crippen molar-refractivity contribution in [3.05, 3.63) is 0 Å². The van der Waals surface area contributed by atoms with Gasteiger partial charge in [-0.25, -0.2) is 0 Å². The topological polar surface area (TPSA) is 69.6 Å². The van der Waals surface area contributed by atoms with Gasteiger partial charge in [-0.15, -0.1) is 0 Å². The number of fused-ring (bicyclic) bond motifs is 1. The van der Waals surface area contributed by atoms with Crippen molar-refractivity contribution in [2.45, 2.75) is 51.1 Å². The second-order valence-corrected chi connectivity index (χ2v) is 5.35. The highest BCUT2D eigenvalue weighted by atomic mass is 16.4. The van der Waals surface area contributed by atoms with Crippen LogP contribution in [0.25, 0.3) is 0 Å². The molecule has 0 bridgehead atoms. The summed E-state index contributed by atoms with van der Waals surface area (Å²) in [6.45, 7) is 2.09. The van der Waals surface area contributed by atoms with E-state index in [0.29, 0.717) is 18.5 Å². The van der Waals surface area contributed by atoms with Crippen LogP contribution in [-0.4, -0.2) is 47.1 Å². The van der Waals surface area contributed by atoms with E-state index < -0.39 is 5.97 Å². The van der Waals surface area contributed by atoms with Gasteiger partial charge in [0.15, 0.2) is 0 Å². The van der Waals surface area contributed by atoms with Crippen molar-refractivity contribution in [3.8, 4) is 0 Å². The lowest BCUT2D eigenvalue weighted by Crippen LogP contribution is -2.47. The Hall–Kier alpha value is -1.10. The van der Waals surface area contributed by atoms with Gasteiger partial charge in [0, 0.05) is 12.6 Å². The van der Waals surface area contributed by atoms with Gasteiger partial charge in [-0.2, -0.15) is 0 Å². The molecule has 1 saturated heterocycles. The maximum absolute atomic E-state index is 12.3. The number of rotatable bonds is 4. The summed E-state index contributed by atoms with van der Waals surface area (Å²) >= 11 is 0. The molecule has 18 heavy (non-hydrogen) atoms. The summed E-state index contributed by atoms with van der Waals surface area (Å²) in [4.78, 5) is 24.4. The molecule has 1 saturated carbocycles. The Balaban J connectivity index is 1.94. The van der Waals surface area contributed by atoms with E-state index in [-0.39, 0.29) is 18.5 Å². The highest BCUT2D eigenvalue weighted by Crippen LogP contribution is 2.33. The highest BCUT2D eigenvalue weighted by Gasteiger charge is 2.39. The van der Waals surface area contributed by atoms with E-state index in [1.807, 2.05) is 6.92 Å². The van der Waals surface area contributed by atoms with E-state index >= 15 is 0 Å². The second kappa shape index (κ2) is 5.69. The van der Waals surface area contributed by atoms with Crippen molar-refractivity contribution < 1.29 is 14.7 Å². The number of amides is 1. The lowest BCUT2D eigenvalue weighted by molar-refractivity contribution is -0.145. The number of hydrogen-bond acceptors (Lipinski definition) is 3. The number of likely N-dealkylation sites (N-methyl/N-ethyl adjacent to an activating group) is 1. The lowest BCUT2D eigenvalue weighted by atomic mass is 9.85. The fourth-order valence-electron chi connectivity index (χ4n) is 3.24. The van der Waals surface area contributed by atoms with E-state index in [9.17, 15) is 9.59 Å². The van der Waals surface area contributed by atoms with E-state index in [1.165, 1.54) is 24.2 Å². The Morgan fingerprint density at radius 1 is 1.33 bits per heavy atom. The van der Waals surface area contributed by atoms with Crippen LogP contribution in [0.4, 0.5) is 0 Å². The molecule has 1 amide bonds. The standard InChI is InChI=1S/C13H22N2O3/c1-2-15(8-12(16)17)13(18)11-7-9-5-3-4-6-10(9)14-11/h9-11,14H,2-8H2,1H3,(H,16,17). The molecule has 0 aromatic rings. The van der Waals surface area contributed by atoms with Crippen LogP contribution in [0.2, 0.25) is 0 Å². The Bertz CT molecular complexity index is 318. The molecule has 5 nitrogen and oxygen atoms in total. The SMILES string of the molecule is CCN(CC(=O)O)C(=O)C1CC2CCCCC2N1. The molecular formula is C13H22N2O3. The Morgan fingerprint density at radius 3 is 2.67 bits per heavy atom. The molecule has 2 rings (SSSR count). The summed E-state index contributed by atoms with van der Waals surface area (Å²) in [5, 5.41) is 12.2. The zero-order valence-electron chi connectivity index (χ0n) is 10.9. The average Bonchev–Trinajstić information content (AvgIpc) is 2.78.